The van der Waals surface area contributed by atoms with E-state index >= 15 is 0 Å². The maximum absolute atomic E-state index is 11.4. The summed E-state index contributed by atoms with van der Waals surface area (Å²) in [7, 11) is 1.36. The number of aryl methyl sites for hydroxylation is 1. The maximum atomic E-state index is 11.4. The second-order valence-electron chi connectivity index (χ2n) is 5.48. The molecule has 2 rings (SSSR count). The Kier molecular flexibility index (Phi) is 5.73. The average molecular weight is 297 g/mol. The predicted molar refractivity (Wildman–Crippen MR) is 89.6 cm³/mol. The van der Waals surface area contributed by atoms with E-state index in [0.29, 0.717) is 6.42 Å². The quantitative estimate of drug-likeness (QED) is 0.832. The number of hydrogen-bond acceptors (Lipinski definition) is 3. The fraction of sp³-hybridized carbons (Fsp3) is 0.316. The van der Waals surface area contributed by atoms with Gasteiger partial charge in [0.2, 0.25) is 0 Å². The van der Waals surface area contributed by atoms with E-state index in [4.69, 9.17) is 5.73 Å². The Labute approximate surface area is 132 Å². The molecule has 116 valence electrons. The smallest absolute Gasteiger partial charge is 0.322 e. The molecule has 1 atom stereocenters. The summed E-state index contributed by atoms with van der Waals surface area (Å²) in [6, 6.07) is 16.1. The van der Waals surface area contributed by atoms with Gasteiger partial charge in [0.25, 0.3) is 0 Å². The summed E-state index contributed by atoms with van der Waals surface area (Å²) in [4.78, 5) is 11.4. The van der Waals surface area contributed by atoms with Crippen LogP contribution in [0.2, 0.25) is 0 Å². The van der Waals surface area contributed by atoms with Gasteiger partial charge in [0.05, 0.1) is 7.11 Å². The van der Waals surface area contributed by atoms with E-state index < -0.39 is 6.04 Å². The summed E-state index contributed by atoms with van der Waals surface area (Å²) in [5, 5.41) is 0. The Bertz CT molecular complexity index is 620. The van der Waals surface area contributed by atoms with E-state index in [9.17, 15) is 4.79 Å². The lowest BCUT2D eigenvalue weighted by Gasteiger charge is -2.11. The van der Waals surface area contributed by atoms with E-state index in [1.54, 1.807) is 0 Å². The van der Waals surface area contributed by atoms with Crippen molar-refractivity contribution in [3.63, 3.8) is 0 Å². The van der Waals surface area contributed by atoms with Crippen LogP contribution >= 0.6 is 0 Å². The zero-order valence-corrected chi connectivity index (χ0v) is 13.2. The summed E-state index contributed by atoms with van der Waals surface area (Å²) in [5.41, 5.74) is 10.5. The monoisotopic (exact) mass is 297 g/mol. The number of nitrogens with two attached hydrogens (primary N) is 1. The average Bonchev–Trinajstić information content (AvgIpc) is 2.55. The Morgan fingerprint density at radius 1 is 1.09 bits per heavy atom. The van der Waals surface area contributed by atoms with Gasteiger partial charge in [-0.15, -0.1) is 0 Å². The third-order valence-corrected chi connectivity index (χ3v) is 3.71. The first-order chi connectivity index (χ1) is 10.6. The minimum atomic E-state index is -0.618. The molecule has 0 aromatic heterocycles. The van der Waals surface area contributed by atoms with Crippen molar-refractivity contribution in [1.82, 2.24) is 0 Å². The number of ether oxygens (including phenoxy) is 1. The molecule has 3 nitrogen and oxygen atoms in total. The number of carbonyl (C=O) groups is 1. The number of carbonyl (C=O) groups excluding carboxylic acids is 1. The topological polar surface area (TPSA) is 52.3 Å². The van der Waals surface area contributed by atoms with Crippen LogP contribution < -0.4 is 5.73 Å². The van der Waals surface area contributed by atoms with Gasteiger partial charge in [-0.2, -0.15) is 0 Å². The van der Waals surface area contributed by atoms with E-state index in [0.717, 1.165) is 24.0 Å². The Morgan fingerprint density at radius 3 is 2.45 bits per heavy atom. The number of esters is 1. The van der Waals surface area contributed by atoms with Crippen molar-refractivity contribution < 1.29 is 9.53 Å². The van der Waals surface area contributed by atoms with Gasteiger partial charge in [0, 0.05) is 0 Å². The molecule has 3 heteroatoms. The first-order valence-electron chi connectivity index (χ1n) is 7.65. The van der Waals surface area contributed by atoms with Crippen molar-refractivity contribution in [2.24, 2.45) is 5.73 Å². The van der Waals surface area contributed by atoms with Gasteiger partial charge < -0.3 is 10.5 Å². The molecule has 0 saturated carbocycles. The summed E-state index contributed by atoms with van der Waals surface area (Å²) >= 11 is 0. The normalized spacial score (nSPS) is 12.0. The summed E-state index contributed by atoms with van der Waals surface area (Å²) in [5.74, 6) is -0.380. The number of rotatable bonds is 6. The Hall–Kier alpha value is -2.13. The molecule has 0 spiro atoms. The van der Waals surface area contributed by atoms with E-state index in [2.05, 4.69) is 48.1 Å². The third kappa shape index (κ3) is 4.18. The lowest BCUT2D eigenvalue weighted by Crippen LogP contribution is -2.33. The molecule has 0 aliphatic carbocycles. The first kappa shape index (κ1) is 16.2. The van der Waals surface area contributed by atoms with Crippen molar-refractivity contribution in [2.75, 3.05) is 7.11 Å². The molecule has 0 aliphatic heterocycles. The highest BCUT2D eigenvalue weighted by molar-refractivity contribution is 5.76. The molecule has 2 N–H and O–H groups in total. The second-order valence-corrected chi connectivity index (χ2v) is 5.48. The van der Waals surface area contributed by atoms with Gasteiger partial charge in [0.15, 0.2) is 0 Å². The minimum absolute atomic E-state index is 0.380. The predicted octanol–water partition coefficient (Wildman–Crippen LogP) is 3.35. The van der Waals surface area contributed by atoms with Crippen LogP contribution in [-0.2, 0) is 22.4 Å². The van der Waals surface area contributed by atoms with Crippen LogP contribution in [0.5, 0.6) is 0 Å². The van der Waals surface area contributed by atoms with Crippen molar-refractivity contribution in [3.8, 4) is 11.1 Å². The molecule has 0 aliphatic rings. The van der Waals surface area contributed by atoms with E-state index in [-0.39, 0.29) is 5.97 Å². The zero-order chi connectivity index (χ0) is 15.9. The molecular weight excluding hydrogens is 274 g/mol. The molecule has 0 heterocycles. The van der Waals surface area contributed by atoms with Crippen LogP contribution in [-0.4, -0.2) is 19.1 Å². The summed E-state index contributed by atoms with van der Waals surface area (Å²) in [6.07, 6.45) is 2.74. The SMILES string of the molecule is CCCc1ccc(-c2cccc(CC(N)C(=O)OC)c2)cc1. The van der Waals surface area contributed by atoms with Gasteiger partial charge in [-0.3, -0.25) is 4.79 Å². The van der Waals surface area contributed by atoms with Gasteiger partial charge in [-0.1, -0.05) is 61.9 Å². The zero-order valence-electron chi connectivity index (χ0n) is 13.2. The Balaban J connectivity index is 2.15. The van der Waals surface area contributed by atoms with Crippen LogP contribution in [0.15, 0.2) is 48.5 Å². The number of methoxy groups -OCH3 is 1. The molecule has 2 aromatic carbocycles. The fourth-order valence-corrected chi connectivity index (χ4v) is 2.52. The lowest BCUT2D eigenvalue weighted by atomic mass is 9.98. The number of benzene rings is 2. The fourth-order valence-electron chi connectivity index (χ4n) is 2.52. The van der Waals surface area contributed by atoms with Crippen molar-refractivity contribution in [3.05, 3.63) is 59.7 Å². The first-order valence-corrected chi connectivity index (χ1v) is 7.65. The molecule has 0 fully saturated rings. The van der Waals surface area contributed by atoms with Crippen LogP contribution in [0.3, 0.4) is 0 Å². The van der Waals surface area contributed by atoms with E-state index in [1.807, 2.05) is 12.1 Å². The van der Waals surface area contributed by atoms with Crippen LogP contribution in [0, 0.1) is 0 Å². The van der Waals surface area contributed by atoms with Crippen molar-refractivity contribution in [2.45, 2.75) is 32.2 Å². The lowest BCUT2D eigenvalue weighted by molar-refractivity contribution is -0.142. The molecule has 0 amide bonds. The molecular formula is C19H23NO2. The molecule has 0 bridgehead atoms. The van der Waals surface area contributed by atoms with Crippen LogP contribution in [0.25, 0.3) is 11.1 Å². The standard InChI is InChI=1S/C19H23NO2/c1-3-5-14-8-10-16(11-9-14)17-7-4-6-15(12-17)13-18(20)19(21)22-2/h4,6-12,18H,3,5,13,20H2,1-2H3. The summed E-state index contributed by atoms with van der Waals surface area (Å²) < 4.78 is 4.67. The number of hydrogen-bond donors (Lipinski definition) is 1. The van der Waals surface area contributed by atoms with Gasteiger partial charge in [-0.25, -0.2) is 0 Å². The largest absolute Gasteiger partial charge is 0.468 e. The highest BCUT2D eigenvalue weighted by Crippen LogP contribution is 2.22. The van der Waals surface area contributed by atoms with Crippen molar-refractivity contribution >= 4 is 5.97 Å². The van der Waals surface area contributed by atoms with Gasteiger partial charge in [-0.05, 0) is 35.1 Å². The van der Waals surface area contributed by atoms with E-state index in [1.165, 1.54) is 18.2 Å². The molecule has 22 heavy (non-hydrogen) atoms. The van der Waals surface area contributed by atoms with Crippen LogP contribution in [0.1, 0.15) is 24.5 Å². The molecule has 0 radical (unpaired) electrons. The van der Waals surface area contributed by atoms with Crippen LogP contribution in [0.4, 0.5) is 0 Å². The highest BCUT2D eigenvalue weighted by atomic mass is 16.5. The second kappa shape index (κ2) is 7.76. The van der Waals surface area contributed by atoms with Crippen molar-refractivity contribution in [1.29, 1.82) is 0 Å². The van der Waals surface area contributed by atoms with Gasteiger partial charge in [0.1, 0.15) is 6.04 Å². The van der Waals surface area contributed by atoms with Gasteiger partial charge >= 0.3 is 5.97 Å². The molecule has 2 aromatic rings. The maximum Gasteiger partial charge on any atom is 0.322 e. The summed E-state index contributed by atoms with van der Waals surface area (Å²) in [6.45, 7) is 2.18. The third-order valence-electron chi connectivity index (χ3n) is 3.71. The molecule has 1 unspecified atom stereocenters. The highest BCUT2D eigenvalue weighted by Gasteiger charge is 2.14. The minimum Gasteiger partial charge on any atom is -0.468 e. The Morgan fingerprint density at radius 2 is 1.82 bits per heavy atom. The molecule has 0 saturated heterocycles.